The molecule has 1 N–H and O–H groups in total. The van der Waals surface area contributed by atoms with Gasteiger partial charge in [-0.05, 0) is 37.0 Å². The molecule has 2 aromatic rings. The second-order valence-electron chi connectivity index (χ2n) is 4.99. The van der Waals surface area contributed by atoms with Gasteiger partial charge in [-0.1, -0.05) is 6.07 Å². The van der Waals surface area contributed by atoms with Crippen molar-refractivity contribution >= 4 is 10.0 Å². The van der Waals surface area contributed by atoms with Crippen LogP contribution in [0.25, 0.3) is 0 Å². The molecule has 0 spiro atoms. The number of benzene rings is 1. The molecule has 0 fully saturated rings. The monoisotopic (exact) mass is 325 g/mol. The lowest BCUT2D eigenvalue weighted by Gasteiger charge is -2.08. The van der Waals surface area contributed by atoms with E-state index in [0.29, 0.717) is 0 Å². The SMILES string of the molecule is O=S(=O)(NCc1ncc2c(n1)CCC2)c1c(F)cccc1F. The van der Waals surface area contributed by atoms with Gasteiger partial charge in [0.05, 0.1) is 6.54 Å². The third-order valence-electron chi connectivity index (χ3n) is 3.47. The quantitative estimate of drug-likeness (QED) is 0.929. The van der Waals surface area contributed by atoms with E-state index >= 15 is 0 Å². The lowest BCUT2D eigenvalue weighted by atomic mass is 10.3. The lowest BCUT2D eigenvalue weighted by Crippen LogP contribution is -2.26. The Balaban J connectivity index is 1.81. The first kappa shape index (κ1) is 15.0. The van der Waals surface area contributed by atoms with Crippen molar-refractivity contribution < 1.29 is 17.2 Å². The van der Waals surface area contributed by atoms with E-state index in [0.717, 1.165) is 48.7 Å². The van der Waals surface area contributed by atoms with Crippen molar-refractivity contribution in [2.24, 2.45) is 0 Å². The number of nitrogens with zero attached hydrogens (tertiary/aromatic N) is 2. The molecule has 116 valence electrons. The summed E-state index contributed by atoms with van der Waals surface area (Å²) in [5.41, 5.74) is 1.97. The predicted octanol–water partition coefficient (Wildman–Crippen LogP) is 1.72. The third-order valence-corrected chi connectivity index (χ3v) is 4.92. The average molecular weight is 325 g/mol. The number of sulfonamides is 1. The molecule has 1 aromatic heterocycles. The van der Waals surface area contributed by atoms with Crippen molar-refractivity contribution in [3.63, 3.8) is 0 Å². The number of hydrogen-bond donors (Lipinski definition) is 1. The molecule has 3 rings (SSSR count). The Morgan fingerprint density at radius 1 is 1.18 bits per heavy atom. The van der Waals surface area contributed by atoms with E-state index < -0.39 is 26.6 Å². The van der Waals surface area contributed by atoms with Crippen LogP contribution in [0.15, 0.2) is 29.3 Å². The lowest BCUT2D eigenvalue weighted by molar-refractivity contribution is 0.513. The molecular formula is C14H13F2N3O2S. The van der Waals surface area contributed by atoms with Gasteiger partial charge < -0.3 is 0 Å². The molecule has 1 heterocycles. The van der Waals surface area contributed by atoms with Gasteiger partial charge in [-0.25, -0.2) is 31.9 Å². The van der Waals surface area contributed by atoms with Crippen molar-refractivity contribution in [2.45, 2.75) is 30.7 Å². The van der Waals surface area contributed by atoms with Gasteiger partial charge >= 0.3 is 0 Å². The minimum atomic E-state index is -4.31. The summed E-state index contributed by atoms with van der Waals surface area (Å²) in [7, 11) is -4.31. The van der Waals surface area contributed by atoms with Crippen LogP contribution >= 0.6 is 0 Å². The number of aromatic nitrogens is 2. The van der Waals surface area contributed by atoms with Crippen molar-refractivity contribution in [3.8, 4) is 0 Å². The van der Waals surface area contributed by atoms with E-state index in [-0.39, 0.29) is 12.4 Å². The van der Waals surface area contributed by atoms with Crippen LogP contribution in [0.5, 0.6) is 0 Å². The highest BCUT2D eigenvalue weighted by Crippen LogP contribution is 2.20. The molecule has 1 aromatic carbocycles. The first-order valence-corrected chi connectivity index (χ1v) is 8.23. The molecule has 8 heteroatoms. The molecular weight excluding hydrogens is 312 g/mol. The summed E-state index contributed by atoms with van der Waals surface area (Å²) in [6.07, 6.45) is 4.42. The first-order chi connectivity index (χ1) is 10.5. The van der Waals surface area contributed by atoms with E-state index in [1.807, 2.05) is 0 Å². The predicted molar refractivity (Wildman–Crippen MR) is 74.4 cm³/mol. The molecule has 22 heavy (non-hydrogen) atoms. The molecule has 0 radical (unpaired) electrons. The maximum Gasteiger partial charge on any atom is 0.246 e. The second-order valence-corrected chi connectivity index (χ2v) is 6.69. The highest BCUT2D eigenvalue weighted by Gasteiger charge is 2.24. The fourth-order valence-corrected chi connectivity index (χ4v) is 3.52. The number of hydrogen-bond acceptors (Lipinski definition) is 4. The Labute approximate surface area is 126 Å². The number of halogens is 2. The van der Waals surface area contributed by atoms with Gasteiger partial charge in [-0.2, -0.15) is 0 Å². The Kier molecular flexibility index (Phi) is 3.88. The average Bonchev–Trinajstić information content (AvgIpc) is 2.92. The van der Waals surface area contributed by atoms with Crippen molar-refractivity contribution in [3.05, 3.63) is 53.1 Å². The van der Waals surface area contributed by atoms with Gasteiger partial charge in [0.2, 0.25) is 10.0 Å². The van der Waals surface area contributed by atoms with E-state index in [1.54, 1.807) is 6.20 Å². The van der Waals surface area contributed by atoms with E-state index in [4.69, 9.17) is 0 Å². The second kappa shape index (κ2) is 5.69. The van der Waals surface area contributed by atoms with Crippen molar-refractivity contribution in [1.29, 1.82) is 0 Å². The molecule has 0 atom stereocenters. The van der Waals surface area contributed by atoms with Crippen LogP contribution in [0.3, 0.4) is 0 Å². The zero-order chi connectivity index (χ0) is 15.7. The largest absolute Gasteiger partial charge is 0.246 e. The number of nitrogens with one attached hydrogen (secondary N) is 1. The zero-order valence-electron chi connectivity index (χ0n) is 11.5. The summed E-state index contributed by atoms with van der Waals surface area (Å²) in [5.74, 6) is -1.99. The maximum absolute atomic E-state index is 13.6. The standard InChI is InChI=1S/C14H13F2N3O2S/c15-10-4-2-5-11(16)14(10)22(20,21)18-8-13-17-7-9-3-1-6-12(9)19-13/h2,4-5,7,18H,1,3,6,8H2. The Bertz CT molecular complexity index is 805. The van der Waals surface area contributed by atoms with Gasteiger partial charge in [0.1, 0.15) is 17.5 Å². The summed E-state index contributed by atoms with van der Waals surface area (Å²) >= 11 is 0. The summed E-state index contributed by atoms with van der Waals surface area (Å²) in [5, 5.41) is 0. The van der Waals surface area contributed by atoms with Gasteiger partial charge in [0.25, 0.3) is 0 Å². The van der Waals surface area contributed by atoms with Crippen LogP contribution in [0.4, 0.5) is 8.78 Å². The van der Waals surface area contributed by atoms with E-state index in [9.17, 15) is 17.2 Å². The van der Waals surface area contributed by atoms with E-state index in [2.05, 4.69) is 14.7 Å². The Hall–Kier alpha value is -1.93. The fourth-order valence-electron chi connectivity index (χ4n) is 2.41. The minimum absolute atomic E-state index is 0.219. The van der Waals surface area contributed by atoms with Gasteiger partial charge in [0, 0.05) is 11.9 Å². The molecule has 0 unspecified atom stereocenters. The third kappa shape index (κ3) is 2.84. The van der Waals surface area contributed by atoms with Crippen LogP contribution in [-0.2, 0) is 29.4 Å². The molecule has 0 amide bonds. The van der Waals surface area contributed by atoms with Gasteiger partial charge in [-0.3, -0.25) is 0 Å². The van der Waals surface area contributed by atoms with Crippen LogP contribution in [0.2, 0.25) is 0 Å². The summed E-state index contributed by atoms with van der Waals surface area (Å²) in [6.45, 7) is -0.219. The smallest absolute Gasteiger partial charge is 0.240 e. The zero-order valence-corrected chi connectivity index (χ0v) is 12.3. The maximum atomic E-state index is 13.6. The number of aryl methyl sites for hydroxylation is 2. The molecule has 5 nitrogen and oxygen atoms in total. The highest BCUT2D eigenvalue weighted by molar-refractivity contribution is 7.89. The molecule has 0 bridgehead atoms. The van der Waals surface area contributed by atoms with Crippen LogP contribution in [-0.4, -0.2) is 18.4 Å². The minimum Gasteiger partial charge on any atom is -0.240 e. The summed E-state index contributed by atoms with van der Waals surface area (Å²) < 4.78 is 53.3. The molecule has 0 saturated carbocycles. The van der Waals surface area contributed by atoms with Crippen molar-refractivity contribution in [2.75, 3.05) is 0 Å². The molecule has 1 aliphatic carbocycles. The van der Waals surface area contributed by atoms with Crippen molar-refractivity contribution in [1.82, 2.24) is 14.7 Å². The van der Waals surface area contributed by atoms with Crippen LogP contribution in [0, 0.1) is 11.6 Å². The number of rotatable bonds is 4. The molecule has 0 saturated heterocycles. The topological polar surface area (TPSA) is 72.0 Å². The van der Waals surface area contributed by atoms with Gasteiger partial charge in [0.15, 0.2) is 4.90 Å². The Morgan fingerprint density at radius 3 is 2.64 bits per heavy atom. The number of fused-ring (bicyclic) bond motifs is 1. The molecule has 1 aliphatic rings. The first-order valence-electron chi connectivity index (χ1n) is 6.75. The highest BCUT2D eigenvalue weighted by atomic mass is 32.2. The van der Waals surface area contributed by atoms with E-state index in [1.165, 1.54) is 0 Å². The Morgan fingerprint density at radius 2 is 1.91 bits per heavy atom. The van der Waals surface area contributed by atoms with Gasteiger partial charge in [-0.15, -0.1) is 0 Å². The summed E-state index contributed by atoms with van der Waals surface area (Å²) in [4.78, 5) is 7.35. The summed E-state index contributed by atoms with van der Waals surface area (Å²) in [6, 6.07) is 2.89. The molecule has 0 aliphatic heterocycles. The fraction of sp³-hybridized carbons (Fsp3) is 0.286. The van der Waals surface area contributed by atoms with Crippen LogP contribution < -0.4 is 4.72 Å². The normalized spacial score (nSPS) is 14.1. The van der Waals surface area contributed by atoms with Crippen LogP contribution in [0.1, 0.15) is 23.5 Å².